The number of sulfonamides is 1. The highest BCUT2D eigenvalue weighted by molar-refractivity contribution is 7.89. The van der Waals surface area contributed by atoms with E-state index in [1.54, 1.807) is 17.0 Å². The van der Waals surface area contributed by atoms with Gasteiger partial charge in [-0.25, -0.2) is 13.1 Å². The Hall–Kier alpha value is -1.93. The Labute approximate surface area is 154 Å². The average Bonchev–Trinajstić information content (AvgIpc) is 3.12. The number of benzene rings is 1. The predicted octanol–water partition coefficient (Wildman–Crippen LogP) is 1.32. The van der Waals surface area contributed by atoms with E-state index in [1.165, 1.54) is 13.0 Å². The van der Waals surface area contributed by atoms with E-state index in [9.17, 15) is 18.0 Å². The fourth-order valence-electron chi connectivity index (χ4n) is 3.66. The van der Waals surface area contributed by atoms with Crippen LogP contribution in [0.5, 0.6) is 0 Å². The summed E-state index contributed by atoms with van der Waals surface area (Å²) in [7, 11) is -3.77. The Kier molecular flexibility index (Phi) is 5.62. The van der Waals surface area contributed by atoms with Crippen molar-refractivity contribution in [2.24, 2.45) is 0 Å². The molecule has 26 heavy (non-hydrogen) atoms. The van der Waals surface area contributed by atoms with Gasteiger partial charge in [-0.2, -0.15) is 0 Å². The van der Waals surface area contributed by atoms with Gasteiger partial charge in [0.2, 0.25) is 21.8 Å². The van der Waals surface area contributed by atoms with E-state index < -0.39 is 10.0 Å². The zero-order valence-corrected chi connectivity index (χ0v) is 15.8. The first-order valence-corrected chi connectivity index (χ1v) is 10.6. The summed E-state index contributed by atoms with van der Waals surface area (Å²) in [5.41, 5.74) is 1.60. The van der Waals surface area contributed by atoms with Crippen molar-refractivity contribution in [3.05, 3.63) is 23.8 Å². The Balaban J connectivity index is 1.67. The minimum atomic E-state index is -3.77. The summed E-state index contributed by atoms with van der Waals surface area (Å²) in [6.45, 7) is 1.88. The topological polar surface area (TPSA) is 95.6 Å². The maximum Gasteiger partial charge on any atom is 0.241 e. The van der Waals surface area contributed by atoms with Gasteiger partial charge in [-0.1, -0.05) is 12.8 Å². The fourth-order valence-corrected chi connectivity index (χ4v) is 4.69. The molecule has 0 radical (unpaired) electrons. The average molecular weight is 379 g/mol. The molecule has 0 spiro atoms. The molecule has 0 aromatic heterocycles. The molecule has 2 N–H and O–H groups in total. The molecular weight excluding hydrogens is 354 g/mol. The Morgan fingerprint density at radius 3 is 2.62 bits per heavy atom. The molecular formula is C18H25N3O4S. The van der Waals surface area contributed by atoms with Crippen molar-refractivity contribution in [3.63, 3.8) is 0 Å². The summed E-state index contributed by atoms with van der Waals surface area (Å²) in [5, 5.41) is 2.86. The lowest BCUT2D eigenvalue weighted by molar-refractivity contribution is -0.120. The fraction of sp³-hybridized carbons (Fsp3) is 0.556. The molecule has 0 saturated heterocycles. The van der Waals surface area contributed by atoms with Crippen molar-refractivity contribution in [3.8, 4) is 0 Å². The first-order chi connectivity index (χ1) is 12.4. The van der Waals surface area contributed by atoms with Crippen LogP contribution >= 0.6 is 0 Å². The maximum absolute atomic E-state index is 12.5. The summed E-state index contributed by atoms with van der Waals surface area (Å²) in [6, 6.07) is 4.91. The summed E-state index contributed by atoms with van der Waals surface area (Å²) in [6.07, 6.45) is 5.63. The quantitative estimate of drug-likeness (QED) is 0.807. The van der Waals surface area contributed by atoms with E-state index in [2.05, 4.69) is 10.0 Å². The monoisotopic (exact) mass is 379 g/mol. The standard InChI is InChI=1S/C18H25N3O4S/c1-13(22)21-10-4-5-14-11-16(8-9-17(14)21)26(24,25)19-12-18(23)20-15-6-2-3-7-15/h8-9,11,15,19H,2-7,10,12H2,1H3,(H,20,23). The first kappa shape index (κ1) is 18.8. The number of hydrogen-bond donors (Lipinski definition) is 2. The van der Waals surface area contributed by atoms with Gasteiger partial charge in [0.25, 0.3) is 0 Å². The van der Waals surface area contributed by atoms with Crippen LogP contribution in [0.25, 0.3) is 0 Å². The van der Waals surface area contributed by atoms with E-state index >= 15 is 0 Å². The second kappa shape index (κ2) is 7.75. The first-order valence-electron chi connectivity index (χ1n) is 9.07. The largest absolute Gasteiger partial charge is 0.352 e. The van der Waals surface area contributed by atoms with Crippen molar-refractivity contribution in [2.75, 3.05) is 18.0 Å². The zero-order chi connectivity index (χ0) is 18.7. The SMILES string of the molecule is CC(=O)N1CCCc2cc(S(=O)(=O)NCC(=O)NC3CCCC3)ccc21. The highest BCUT2D eigenvalue weighted by atomic mass is 32.2. The normalized spacial score (nSPS) is 17.8. The third kappa shape index (κ3) is 4.24. The van der Waals surface area contributed by atoms with Crippen LogP contribution in [0, 0.1) is 0 Å². The molecule has 8 heteroatoms. The van der Waals surface area contributed by atoms with Crippen molar-refractivity contribution in [1.29, 1.82) is 0 Å². The highest BCUT2D eigenvalue weighted by Crippen LogP contribution is 2.29. The summed E-state index contributed by atoms with van der Waals surface area (Å²) in [4.78, 5) is 25.4. The molecule has 7 nitrogen and oxygen atoms in total. The number of nitrogens with one attached hydrogen (secondary N) is 2. The van der Waals surface area contributed by atoms with Crippen LogP contribution in [0.2, 0.25) is 0 Å². The van der Waals surface area contributed by atoms with Crippen LogP contribution < -0.4 is 14.9 Å². The van der Waals surface area contributed by atoms with Gasteiger partial charge in [0, 0.05) is 25.2 Å². The van der Waals surface area contributed by atoms with Gasteiger partial charge >= 0.3 is 0 Å². The lowest BCUT2D eigenvalue weighted by Crippen LogP contribution is -2.41. The Bertz CT molecular complexity index is 801. The van der Waals surface area contributed by atoms with E-state index in [0.29, 0.717) is 6.54 Å². The van der Waals surface area contributed by atoms with Crippen molar-refractivity contribution in [2.45, 2.75) is 56.4 Å². The lowest BCUT2D eigenvalue weighted by atomic mass is 10.0. The molecule has 1 aliphatic carbocycles. The maximum atomic E-state index is 12.5. The van der Waals surface area contributed by atoms with Crippen LogP contribution in [0.1, 0.15) is 44.6 Å². The molecule has 3 rings (SSSR count). The lowest BCUT2D eigenvalue weighted by Gasteiger charge is -2.28. The van der Waals surface area contributed by atoms with Gasteiger partial charge in [-0.05, 0) is 49.4 Å². The smallest absolute Gasteiger partial charge is 0.241 e. The molecule has 1 heterocycles. The van der Waals surface area contributed by atoms with Crippen LogP contribution in [0.15, 0.2) is 23.1 Å². The number of hydrogen-bond acceptors (Lipinski definition) is 4. The number of rotatable bonds is 5. The summed E-state index contributed by atoms with van der Waals surface area (Å²) in [5.74, 6) is -0.357. The highest BCUT2D eigenvalue weighted by Gasteiger charge is 2.24. The number of nitrogens with zero attached hydrogens (tertiary/aromatic N) is 1. The number of fused-ring (bicyclic) bond motifs is 1. The van der Waals surface area contributed by atoms with Crippen molar-refractivity contribution < 1.29 is 18.0 Å². The third-order valence-corrected chi connectivity index (χ3v) is 6.40. The minimum Gasteiger partial charge on any atom is -0.352 e. The second-order valence-electron chi connectivity index (χ2n) is 6.94. The van der Waals surface area contributed by atoms with Crippen LogP contribution in [0.3, 0.4) is 0 Å². The van der Waals surface area contributed by atoms with Crippen LogP contribution in [0.4, 0.5) is 5.69 Å². The van der Waals surface area contributed by atoms with E-state index in [1.807, 2.05) is 0 Å². The summed E-state index contributed by atoms with van der Waals surface area (Å²) >= 11 is 0. The van der Waals surface area contributed by atoms with Gasteiger partial charge in [-0.15, -0.1) is 0 Å². The second-order valence-corrected chi connectivity index (χ2v) is 8.71. The molecule has 0 atom stereocenters. The number of aryl methyl sites for hydroxylation is 1. The zero-order valence-electron chi connectivity index (χ0n) is 15.0. The molecule has 1 fully saturated rings. The molecule has 142 valence electrons. The number of amides is 2. The summed E-state index contributed by atoms with van der Waals surface area (Å²) < 4.78 is 27.4. The van der Waals surface area contributed by atoms with Crippen molar-refractivity contribution >= 4 is 27.5 Å². The van der Waals surface area contributed by atoms with Gasteiger partial charge in [0.15, 0.2) is 0 Å². The Morgan fingerprint density at radius 2 is 1.92 bits per heavy atom. The molecule has 1 aliphatic heterocycles. The Morgan fingerprint density at radius 1 is 1.19 bits per heavy atom. The van der Waals surface area contributed by atoms with Crippen molar-refractivity contribution in [1.82, 2.24) is 10.0 Å². The van der Waals surface area contributed by atoms with E-state index in [0.717, 1.165) is 49.8 Å². The number of carbonyl (C=O) groups excluding carboxylic acids is 2. The number of anilines is 1. The van der Waals surface area contributed by atoms with Crippen LogP contribution in [-0.2, 0) is 26.0 Å². The molecule has 1 saturated carbocycles. The molecule has 2 aliphatic rings. The third-order valence-electron chi connectivity index (χ3n) is 5.00. The van der Waals surface area contributed by atoms with Crippen LogP contribution in [-0.4, -0.2) is 39.4 Å². The molecule has 0 unspecified atom stereocenters. The van der Waals surface area contributed by atoms with E-state index in [-0.39, 0.29) is 29.3 Å². The number of carbonyl (C=O) groups is 2. The van der Waals surface area contributed by atoms with Gasteiger partial charge < -0.3 is 10.2 Å². The predicted molar refractivity (Wildman–Crippen MR) is 98.4 cm³/mol. The minimum absolute atomic E-state index is 0.0525. The van der Waals surface area contributed by atoms with Gasteiger partial charge in [0.1, 0.15) is 0 Å². The molecule has 2 amide bonds. The molecule has 1 aromatic carbocycles. The molecule has 0 bridgehead atoms. The van der Waals surface area contributed by atoms with Gasteiger partial charge in [0.05, 0.1) is 11.4 Å². The molecule has 1 aromatic rings. The van der Waals surface area contributed by atoms with E-state index in [4.69, 9.17) is 0 Å². The van der Waals surface area contributed by atoms with Gasteiger partial charge in [-0.3, -0.25) is 9.59 Å².